The second-order valence-corrected chi connectivity index (χ2v) is 7.04. The number of carbonyl (C=O) groups excluding carboxylic acids is 2. The Kier molecular flexibility index (Phi) is 5.39. The highest BCUT2D eigenvalue weighted by molar-refractivity contribution is 5.95. The van der Waals surface area contributed by atoms with Gasteiger partial charge in [0.1, 0.15) is 5.56 Å². The zero-order valence-electron chi connectivity index (χ0n) is 15.9. The molecular weight excluding hydrogens is 344 g/mol. The standard InChI is InChI=1S/C20H24N4O3/c1-13-6-8-15(11-21-13)19(26)24-10-4-5-16(12-24)23(3)20(27)17-9-7-14(2)22-18(17)25/h6-9,11,16H,4-5,10,12H2,1-3H3,(H,22,25)/t16-/m0/s1. The number of aromatic amines is 1. The summed E-state index contributed by atoms with van der Waals surface area (Å²) in [6.07, 6.45) is 3.18. The third-order valence-electron chi connectivity index (χ3n) is 5.00. The van der Waals surface area contributed by atoms with Crippen molar-refractivity contribution in [2.75, 3.05) is 20.1 Å². The fourth-order valence-corrected chi connectivity index (χ4v) is 3.33. The number of carbonyl (C=O) groups is 2. The van der Waals surface area contributed by atoms with Gasteiger partial charge >= 0.3 is 0 Å². The summed E-state index contributed by atoms with van der Waals surface area (Å²) in [5.74, 6) is -0.409. The highest BCUT2D eigenvalue weighted by Gasteiger charge is 2.30. The van der Waals surface area contributed by atoms with E-state index in [9.17, 15) is 14.4 Å². The largest absolute Gasteiger partial charge is 0.337 e. The van der Waals surface area contributed by atoms with E-state index in [0.717, 1.165) is 18.5 Å². The van der Waals surface area contributed by atoms with E-state index in [1.807, 2.05) is 13.0 Å². The molecule has 2 amide bonds. The molecule has 1 aliphatic heterocycles. The highest BCUT2D eigenvalue weighted by atomic mass is 16.2. The van der Waals surface area contributed by atoms with Crippen molar-refractivity contribution in [2.45, 2.75) is 32.7 Å². The Morgan fingerprint density at radius 1 is 1.22 bits per heavy atom. The molecule has 1 N–H and O–H groups in total. The second-order valence-electron chi connectivity index (χ2n) is 7.04. The smallest absolute Gasteiger partial charge is 0.260 e. The second kappa shape index (κ2) is 7.73. The van der Waals surface area contributed by atoms with Crippen LogP contribution in [-0.2, 0) is 0 Å². The molecule has 3 rings (SSSR count). The molecule has 0 bridgehead atoms. The minimum Gasteiger partial charge on any atom is -0.337 e. The average Bonchev–Trinajstić information content (AvgIpc) is 2.67. The Morgan fingerprint density at radius 2 is 2.00 bits per heavy atom. The third-order valence-corrected chi connectivity index (χ3v) is 5.00. The number of aryl methyl sites for hydroxylation is 2. The zero-order valence-corrected chi connectivity index (χ0v) is 15.9. The monoisotopic (exact) mass is 368 g/mol. The van der Waals surface area contributed by atoms with Gasteiger partial charge in [-0.15, -0.1) is 0 Å². The number of aromatic nitrogens is 2. The van der Waals surface area contributed by atoms with E-state index in [1.165, 1.54) is 0 Å². The van der Waals surface area contributed by atoms with Crippen molar-refractivity contribution in [3.63, 3.8) is 0 Å². The van der Waals surface area contributed by atoms with Gasteiger partial charge in [-0.25, -0.2) is 0 Å². The number of amides is 2. The molecule has 2 aromatic heterocycles. The lowest BCUT2D eigenvalue weighted by Gasteiger charge is -2.37. The molecule has 1 fully saturated rings. The first-order valence-electron chi connectivity index (χ1n) is 9.06. The number of rotatable bonds is 3. The predicted molar refractivity (Wildman–Crippen MR) is 102 cm³/mol. The van der Waals surface area contributed by atoms with Crippen molar-refractivity contribution < 1.29 is 9.59 Å². The van der Waals surface area contributed by atoms with Crippen molar-refractivity contribution in [1.82, 2.24) is 19.8 Å². The summed E-state index contributed by atoms with van der Waals surface area (Å²) < 4.78 is 0. The van der Waals surface area contributed by atoms with Crippen molar-refractivity contribution in [1.29, 1.82) is 0 Å². The summed E-state index contributed by atoms with van der Waals surface area (Å²) in [6.45, 7) is 4.73. The van der Waals surface area contributed by atoms with Crippen LogP contribution in [0.15, 0.2) is 35.3 Å². The van der Waals surface area contributed by atoms with Crippen LogP contribution in [0.1, 0.15) is 44.9 Å². The molecule has 0 spiro atoms. The van der Waals surface area contributed by atoms with Crippen LogP contribution < -0.4 is 5.56 Å². The van der Waals surface area contributed by atoms with E-state index in [-0.39, 0.29) is 29.0 Å². The van der Waals surface area contributed by atoms with E-state index < -0.39 is 0 Å². The van der Waals surface area contributed by atoms with Crippen molar-refractivity contribution in [3.05, 3.63) is 63.3 Å². The maximum atomic E-state index is 12.8. The van der Waals surface area contributed by atoms with Gasteiger partial charge in [-0.1, -0.05) is 0 Å². The van der Waals surface area contributed by atoms with Gasteiger partial charge in [-0.2, -0.15) is 0 Å². The quantitative estimate of drug-likeness (QED) is 0.894. The van der Waals surface area contributed by atoms with Gasteiger partial charge in [0.05, 0.1) is 5.56 Å². The van der Waals surface area contributed by atoms with Crippen molar-refractivity contribution in [2.24, 2.45) is 0 Å². The zero-order chi connectivity index (χ0) is 19.6. The van der Waals surface area contributed by atoms with Crippen LogP contribution in [0.2, 0.25) is 0 Å². The van der Waals surface area contributed by atoms with Gasteiger partial charge < -0.3 is 14.8 Å². The topological polar surface area (TPSA) is 86.4 Å². The molecule has 142 valence electrons. The predicted octanol–water partition coefficient (Wildman–Crippen LogP) is 1.76. The molecule has 7 heteroatoms. The van der Waals surface area contributed by atoms with Gasteiger partial charge in [0.2, 0.25) is 0 Å². The molecule has 0 aliphatic carbocycles. The average molecular weight is 368 g/mol. The number of nitrogens with one attached hydrogen (secondary N) is 1. The fourth-order valence-electron chi connectivity index (χ4n) is 3.33. The van der Waals surface area contributed by atoms with E-state index in [4.69, 9.17) is 0 Å². The maximum Gasteiger partial charge on any atom is 0.260 e. The number of H-pyrrole nitrogens is 1. The number of nitrogens with zero attached hydrogens (tertiary/aromatic N) is 3. The number of piperidine rings is 1. The van der Waals surface area contributed by atoms with Crippen LogP contribution in [0.3, 0.4) is 0 Å². The first-order valence-corrected chi connectivity index (χ1v) is 9.06. The third kappa shape index (κ3) is 4.07. The molecule has 1 saturated heterocycles. The normalized spacial score (nSPS) is 16.9. The van der Waals surface area contributed by atoms with Crippen LogP contribution in [-0.4, -0.2) is 57.8 Å². The summed E-state index contributed by atoms with van der Waals surface area (Å²) in [6, 6.07) is 6.72. The molecule has 1 atom stereocenters. The summed E-state index contributed by atoms with van der Waals surface area (Å²) in [5.41, 5.74) is 1.85. The molecule has 0 aromatic carbocycles. The molecule has 3 heterocycles. The lowest BCUT2D eigenvalue weighted by molar-refractivity contribution is 0.0520. The minimum absolute atomic E-state index is 0.0822. The number of hydrogen-bond donors (Lipinski definition) is 1. The molecule has 2 aromatic rings. The van der Waals surface area contributed by atoms with Crippen LogP contribution in [0, 0.1) is 13.8 Å². The van der Waals surface area contributed by atoms with Gasteiger partial charge in [0.15, 0.2) is 0 Å². The highest BCUT2D eigenvalue weighted by Crippen LogP contribution is 2.18. The van der Waals surface area contributed by atoms with Crippen LogP contribution in [0.4, 0.5) is 0 Å². The molecule has 7 nitrogen and oxygen atoms in total. The van der Waals surface area contributed by atoms with E-state index >= 15 is 0 Å². The Bertz CT molecular complexity index is 904. The number of hydrogen-bond acceptors (Lipinski definition) is 4. The van der Waals surface area contributed by atoms with Crippen LogP contribution >= 0.6 is 0 Å². The lowest BCUT2D eigenvalue weighted by atomic mass is 10.0. The summed E-state index contributed by atoms with van der Waals surface area (Å²) in [5, 5.41) is 0. The number of pyridine rings is 2. The lowest BCUT2D eigenvalue weighted by Crippen LogP contribution is -2.50. The number of likely N-dealkylation sites (N-methyl/N-ethyl adjacent to an activating group) is 1. The fraction of sp³-hybridized carbons (Fsp3) is 0.400. The Morgan fingerprint density at radius 3 is 2.67 bits per heavy atom. The van der Waals surface area contributed by atoms with Crippen LogP contribution in [0.5, 0.6) is 0 Å². The van der Waals surface area contributed by atoms with Crippen molar-refractivity contribution >= 4 is 11.8 Å². The SMILES string of the molecule is Cc1ccc(C(=O)N2CCC[C@H](N(C)C(=O)c3ccc(C)[nH]c3=O)C2)cn1. The van der Waals surface area contributed by atoms with Gasteiger partial charge in [-0.3, -0.25) is 19.4 Å². The Hall–Kier alpha value is -2.96. The molecular formula is C20H24N4O3. The summed E-state index contributed by atoms with van der Waals surface area (Å²) >= 11 is 0. The number of likely N-dealkylation sites (tertiary alicyclic amines) is 1. The van der Waals surface area contributed by atoms with Crippen LogP contribution in [0.25, 0.3) is 0 Å². The Labute approximate surface area is 158 Å². The molecule has 0 radical (unpaired) electrons. The van der Waals surface area contributed by atoms with Gasteiger partial charge in [-0.05, 0) is 51.0 Å². The van der Waals surface area contributed by atoms with Crippen molar-refractivity contribution in [3.8, 4) is 0 Å². The van der Waals surface area contributed by atoms with E-state index in [1.54, 1.807) is 48.2 Å². The molecule has 1 aliphatic rings. The van der Waals surface area contributed by atoms with E-state index in [2.05, 4.69) is 9.97 Å². The maximum absolute atomic E-state index is 12.8. The summed E-state index contributed by atoms with van der Waals surface area (Å²) in [4.78, 5) is 47.7. The first kappa shape index (κ1) is 18.8. The van der Waals surface area contributed by atoms with Gasteiger partial charge in [0, 0.05) is 43.8 Å². The molecule has 0 saturated carbocycles. The first-order chi connectivity index (χ1) is 12.9. The Balaban J connectivity index is 1.73. The van der Waals surface area contributed by atoms with Gasteiger partial charge in [0.25, 0.3) is 17.4 Å². The minimum atomic E-state index is -0.388. The summed E-state index contributed by atoms with van der Waals surface area (Å²) in [7, 11) is 1.69. The molecule has 27 heavy (non-hydrogen) atoms. The van der Waals surface area contributed by atoms with E-state index in [0.29, 0.717) is 24.3 Å². The molecule has 0 unspecified atom stereocenters.